The summed E-state index contributed by atoms with van der Waals surface area (Å²) in [7, 11) is 0.567. The number of aromatic nitrogens is 3. The van der Waals surface area contributed by atoms with Crippen LogP contribution in [0.1, 0.15) is 18.1 Å². The van der Waals surface area contributed by atoms with Crippen molar-refractivity contribution in [3.8, 4) is 0 Å². The molecule has 0 fully saturated rings. The molecule has 10 heteroatoms. The van der Waals surface area contributed by atoms with Gasteiger partial charge in [-0.1, -0.05) is 34.4 Å². The Kier molecular flexibility index (Phi) is 5.69. The second-order valence-corrected chi connectivity index (χ2v) is 9.42. The van der Waals surface area contributed by atoms with Gasteiger partial charge in [0.05, 0.1) is 16.8 Å². The number of thiazole rings is 1. The number of carbonyl (C=O) groups is 1. The van der Waals surface area contributed by atoms with Gasteiger partial charge in [-0.25, -0.2) is 14.8 Å². The number of aliphatic imine (C=N–C) groups is 1. The van der Waals surface area contributed by atoms with E-state index in [-0.39, 0.29) is 5.30 Å². The lowest BCUT2D eigenvalue weighted by molar-refractivity contribution is 0.181. The van der Waals surface area contributed by atoms with Crippen LogP contribution in [-0.2, 0) is 4.74 Å². The monoisotopic (exact) mass is 442 g/mol. The lowest BCUT2D eigenvalue weighted by atomic mass is 10.1. The lowest BCUT2D eigenvalue weighted by Gasteiger charge is -2.25. The van der Waals surface area contributed by atoms with E-state index < -0.39 is 10.9 Å². The molecule has 0 saturated carbocycles. The van der Waals surface area contributed by atoms with Crippen LogP contribution >= 0.6 is 22.2 Å². The molecule has 1 N–H and O–H groups in total. The number of thiol groups is 1. The Labute approximate surface area is 181 Å². The van der Waals surface area contributed by atoms with Crippen LogP contribution in [0.25, 0.3) is 10.2 Å². The Bertz CT molecular complexity index is 1140. The van der Waals surface area contributed by atoms with Crippen molar-refractivity contribution in [3.05, 3.63) is 47.0 Å². The highest BCUT2D eigenvalue weighted by Crippen LogP contribution is 2.39. The summed E-state index contributed by atoms with van der Waals surface area (Å²) in [5.41, 5.74) is 2.85. The molecule has 2 aromatic heterocycles. The first-order valence-corrected chi connectivity index (χ1v) is 11.6. The lowest BCUT2D eigenvalue weighted by Crippen LogP contribution is -2.29. The van der Waals surface area contributed by atoms with Gasteiger partial charge in [0.2, 0.25) is 0 Å². The minimum Gasteiger partial charge on any atom is -0.459 e. The number of ether oxygens (including phenoxy) is 1. The number of hydrogen-bond acceptors (Lipinski definition) is 9. The Morgan fingerprint density at radius 1 is 1.23 bits per heavy atom. The summed E-state index contributed by atoms with van der Waals surface area (Å²) in [6.45, 7) is 6.10. The largest absolute Gasteiger partial charge is 0.459 e. The number of carbonyl (C=O) groups excluding carboxylic acids is 1. The van der Waals surface area contributed by atoms with Crippen molar-refractivity contribution >= 4 is 59.7 Å². The van der Waals surface area contributed by atoms with E-state index in [0.29, 0.717) is 23.4 Å². The summed E-state index contributed by atoms with van der Waals surface area (Å²) in [5.74, 6) is 1.31. The molecule has 8 nitrogen and oxygen atoms in total. The predicted molar refractivity (Wildman–Crippen MR) is 125 cm³/mol. The first kappa shape index (κ1) is 20.3. The van der Waals surface area contributed by atoms with Gasteiger partial charge in [-0.2, -0.15) is 0 Å². The van der Waals surface area contributed by atoms with E-state index >= 15 is 0 Å². The highest BCUT2D eigenvalue weighted by atomic mass is 32.2. The van der Waals surface area contributed by atoms with Crippen LogP contribution in [0.5, 0.6) is 0 Å². The maximum absolute atomic E-state index is 12.3. The smallest absolute Gasteiger partial charge is 0.357 e. The molecule has 3 aromatic rings. The molecular weight excluding hydrogens is 420 g/mol. The molecule has 0 amide bonds. The second-order valence-electron chi connectivity index (χ2n) is 6.59. The van der Waals surface area contributed by atoms with Crippen molar-refractivity contribution in [1.29, 1.82) is 0 Å². The van der Waals surface area contributed by atoms with Crippen molar-refractivity contribution in [3.63, 3.8) is 0 Å². The van der Waals surface area contributed by atoms with Crippen LogP contribution in [0.15, 0.2) is 40.9 Å². The topological polar surface area (TPSA) is 92.6 Å². The van der Waals surface area contributed by atoms with Crippen LogP contribution in [0.4, 0.5) is 21.6 Å². The summed E-state index contributed by atoms with van der Waals surface area (Å²) in [6.07, 6.45) is 1.65. The van der Waals surface area contributed by atoms with Crippen LogP contribution < -0.4 is 10.2 Å². The quantitative estimate of drug-likeness (QED) is 0.439. The van der Waals surface area contributed by atoms with Gasteiger partial charge < -0.3 is 15.0 Å². The van der Waals surface area contributed by atoms with Gasteiger partial charge in [-0.3, -0.25) is 0 Å². The van der Waals surface area contributed by atoms with Crippen molar-refractivity contribution in [2.75, 3.05) is 23.9 Å². The molecule has 1 aromatic carbocycles. The van der Waals surface area contributed by atoms with Gasteiger partial charge in [0.1, 0.15) is 0 Å². The number of anilines is 3. The zero-order chi connectivity index (χ0) is 21.3. The number of nitrogens with one attached hydrogen (secondary N) is 1. The second kappa shape index (κ2) is 8.41. The molecule has 1 aliphatic rings. The van der Waals surface area contributed by atoms with Gasteiger partial charge in [0, 0.05) is 24.4 Å². The predicted octanol–water partition coefficient (Wildman–Crippen LogP) is 4.88. The van der Waals surface area contributed by atoms with Crippen LogP contribution in [0, 0.1) is 13.8 Å². The third kappa shape index (κ3) is 3.75. The van der Waals surface area contributed by atoms with Crippen molar-refractivity contribution in [2.24, 2.45) is 4.99 Å². The summed E-state index contributed by atoms with van der Waals surface area (Å²) >= 11 is 1.57. The number of fused-ring (bicyclic) bond motifs is 1. The molecule has 1 atom stereocenters. The van der Waals surface area contributed by atoms with Crippen LogP contribution in [0.2, 0.25) is 0 Å². The highest BCUT2D eigenvalue weighted by molar-refractivity contribution is 8.43. The van der Waals surface area contributed by atoms with Gasteiger partial charge in [0.15, 0.2) is 21.9 Å². The number of para-hydroxylation sites is 1. The first-order valence-electron chi connectivity index (χ1n) is 9.40. The number of hydrogen-bond donors (Lipinski definition) is 2. The van der Waals surface area contributed by atoms with E-state index in [1.807, 2.05) is 50.1 Å². The minimum atomic E-state index is -1.28. The fraction of sp³-hybridized carbons (Fsp3) is 0.250. The number of rotatable bonds is 4. The molecule has 0 spiro atoms. The van der Waals surface area contributed by atoms with Crippen molar-refractivity contribution in [2.45, 2.75) is 20.8 Å². The molecule has 3 heterocycles. The fourth-order valence-electron chi connectivity index (χ4n) is 3.03. The molecule has 156 valence electrons. The Hall–Kier alpha value is -2.98. The van der Waals surface area contributed by atoms with E-state index in [0.717, 1.165) is 26.5 Å². The third-order valence-corrected chi connectivity index (χ3v) is 7.47. The molecule has 30 heavy (non-hydrogen) atoms. The third-order valence-electron chi connectivity index (χ3n) is 4.72. The zero-order valence-electron chi connectivity index (χ0n) is 17.1. The van der Waals surface area contributed by atoms with E-state index in [2.05, 4.69) is 25.5 Å². The molecule has 0 radical (unpaired) electrons. The average molecular weight is 443 g/mol. The zero-order valence-corrected chi connectivity index (χ0v) is 18.8. The Balaban J connectivity index is 1.58. The molecular formula is C20H22N6O2S2. The van der Waals surface area contributed by atoms with Crippen LogP contribution in [0.3, 0.4) is 0 Å². The van der Waals surface area contributed by atoms with Crippen LogP contribution in [-0.4, -0.2) is 39.3 Å². The van der Waals surface area contributed by atoms with E-state index in [1.165, 1.54) is 0 Å². The van der Waals surface area contributed by atoms with Crippen molar-refractivity contribution in [1.82, 2.24) is 15.2 Å². The number of amidine groups is 1. The van der Waals surface area contributed by atoms with Gasteiger partial charge in [-0.05, 0) is 38.3 Å². The molecule has 4 rings (SSSR count). The van der Waals surface area contributed by atoms with Gasteiger partial charge in [0.25, 0.3) is 0 Å². The summed E-state index contributed by atoms with van der Waals surface area (Å²) < 4.78 is 6.29. The molecule has 1 unspecified atom stereocenters. The molecule has 0 aliphatic carbocycles. The summed E-state index contributed by atoms with van der Waals surface area (Å²) in [5, 5.41) is 15.0. The maximum atomic E-state index is 12.3. The fourth-order valence-corrected chi connectivity index (χ4v) is 5.39. The Morgan fingerprint density at radius 3 is 2.80 bits per heavy atom. The van der Waals surface area contributed by atoms with E-state index in [4.69, 9.17) is 4.74 Å². The van der Waals surface area contributed by atoms with Gasteiger partial charge >= 0.3 is 5.30 Å². The summed E-state index contributed by atoms with van der Waals surface area (Å²) in [4.78, 5) is 23.1. The Morgan fingerprint density at radius 2 is 2.03 bits per heavy atom. The normalized spacial score (nSPS) is 16.5. The van der Waals surface area contributed by atoms with E-state index in [9.17, 15) is 4.79 Å². The molecule has 0 bridgehead atoms. The number of nitrogens with zero attached hydrogens (tertiary/aromatic N) is 5. The average Bonchev–Trinajstić information content (AvgIpc) is 3.38. The van der Waals surface area contributed by atoms with E-state index in [1.54, 1.807) is 29.9 Å². The van der Waals surface area contributed by atoms with Gasteiger partial charge in [-0.15, -0.1) is 10.2 Å². The maximum Gasteiger partial charge on any atom is 0.357 e. The van der Waals surface area contributed by atoms with Crippen molar-refractivity contribution < 1.29 is 9.53 Å². The number of benzene rings is 1. The standard InChI is InChI=1S/C20H22N6O2S2/c1-5-28-20(27)30-11-10-21-19(30)26(4)17-13(3)12(2)16(24-25-17)23-18-22-14-8-6-7-9-15(14)29-18/h6-11,30H,5H2,1-4H3,(H,22,23,24). The highest BCUT2D eigenvalue weighted by Gasteiger charge is 2.28. The summed E-state index contributed by atoms with van der Waals surface area (Å²) in [6, 6.07) is 7.99. The minimum absolute atomic E-state index is 0.261. The first-order chi connectivity index (χ1) is 14.5. The molecule has 0 saturated heterocycles. The SMILES string of the molecule is CCOC(=O)[SH]1C=CN=C1N(C)c1nnc(Nc2nc3ccccc3s2)c(C)c1C. The molecule has 1 aliphatic heterocycles.